The Morgan fingerprint density at radius 2 is 2.13 bits per heavy atom. The minimum atomic E-state index is -0.478. The van der Waals surface area contributed by atoms with E-state index in [9.17, 15) is 4.79 Å². The number of para-hydroxylation sites is 2. The standard InChI is InChI=1S/C18H29N3O2/c1-18(2,3)16(19)17(22)20-11-13-9-10-21(12-13)14-7-5-6-8-15(14)23-4/h5-8,13,16H,9-12,19H2,1-4H3,(H,20,22)/t13?,16-/m1/s1. The van der Waals surface area contributed by atoms with Gasteiger partial charge in [0.1, 0.15) is 5.75 Å². The Hall–Kier alpha value is -1.75. The molecule has 1 fully saturated rings. The molecular weight excluding hydrogens is 290 g/mol. The lowest BCUT2D eigenvalue weighted by molar-refractivity contribution is -0.124. The van der Waals surface area contributed by atoms with Crippen LogP contribution in [0.1, 0.15) is 27.2 Å². The van der Waals surface area contributed by atoms with Crippen LogP contribution >= 0.6 is 0 Å². The topological polar surface area (TPSA) is 67.6 Å². The molecule has 1 saturated heterocycles. The molecule has 1 aliphatic heterocycles. The molecule has 23 heavy (non-hydrogen) atoms. The summed E-state index contributed by atoms with van der Waals surface area (Å²) in [6, 6.07) is 7.58. The van der Waals surface area contributed by atoms with E-state index in [1.54, 1.807) is 7.11 Å². The Morgan fingerprint density at radius 3 is 2.78 bits per heavy atom. The predicted octanol–water partition coefficient (Wildman–Crippen LogP) is 2.01. The SMILES string of the molecule is COc1ccccc1N1CCC(CNC(=O)[C@@H](N)C(C)(C)C)C1. The van der Waals surface area contributed by atoms with Crippen LogP contribution in [0.2, 0.25) is 0 Å². The molecule has 1 amide bonds. The first kappa shape index (κ1) is 17.6. The molecule has 0 radical (unpaired) electrons. The molecule has 1 unspecified atom stereocenters. The van der Waals surface area contributed by atoms with E-state index in [0.717, 1.165) is 30.9 Å². The molecule has 128 valence electrons. The van der Waals surface area contributed by atoms with Gasteiger partial charge in [-0.15, -0.1) is 0 Å². The molecule has 3 N–H and O–H groups in total. The fraction of sp³-hybridized carbons (Fsp3) is 0.611. The highest BCUT2D eigenvalue weighted by molar-refractivity contribution is 5.82. The van der Waals surface area contributed by atoms with Crippen molar-refractivity contribution < 1.29 is 9.53 Å². The van der Waals surface area contributed by atoms with E-state index in [-0.39, 0.29) is 11.3 Å². The van der Waals surface area contributed by atoms with Gasteiger partial charge in [-0.05, 0) is 29.9 Å². The van der Waals surface area contributed by atoms with E-state index < -0.39 is 6.04 Å². The first-order valence-electron chi connectivity index (χ1n) is 8.24. The number of nitrogens with zero attached hydrogens (tertiary/aromatic N) is 1. The quantitative estimate of drug-likeness (QED) is 0.871. The van der Waals surface area contributed by atoms with Gasteiger partial charge in [0.2, 0.25) is 5.91 Å². The van der Waals surface area contributed by atoms with Crippen LogP contribution in [0.4, 0.5) is 5.69 Å². The third-order valence-corrected chi connectivity index (χ3v) is 4.49. The summed E-state index contributed by atoms with van der Waals surface area (Å²) in [6.45, 7) is 8.52. The number of methoxy groups -OCH3 is 1. The van der Waals surface area contributed by atoms with Crippen molar-refractivity contribution >= 4 is 11.6 Å². The van der Waals surface area contributed by atoms with Crippen molar-refractivity contribution in [3.05, 3.63) is 24.3 Å². The summed E-state index contributed by atoms with van der Waals surface area (Å²) in [5.41, 5.74) is 6.90. The molecule has 1 aliphatic rings. The van der Waals surface area contributed by atoms with Crippen LogP contribution in [0.3, 0.4) is 0 Å². The van der Waals surface area contributed by atoms with Crippen LogP contribution in [0.15, 0.2) is 24.3 Å². The van der Waals surface area contributed by atoms with Gasteiger partial charge in [-0.25, -0.2) is 0 Å². The second-order valence-corrected chi connectivity index (χ2v) is 7.36. The lowest BCUT2D eigenvalue weighted by atomic mass is 9.87. The van der Waals surface area contributed by atoms with Crippen LogP contribution < -0.4 is 20.7 Å². The molecule has 0 aliphatic carbocycles. The van der Waals surface area contributed by atoms with Crippen molar-refractivity contribution in [1.29, 1.82) is 0 Å². The number of rotatable bonds is 5. The van der Waals surface area contributed by atoms with Crippen molar-refractivity contribution in [2.24, 2.45) is 17.1 Å². The van der Waals surface area contributed by atoms with E-state index in [0.29, 0.717) is 12.5 Å². The van der Waals surface area contributed by atoms with Crippen LogP contribution in [-0.4, -0.2) is 38.7 Å². The molecule has 1 aromatic rings. The van der Waals surface area contributed by atoms with Gasteiger partial charge in [-0.3, -0.25) is 4.79 Å². The predicted molar refractivity (Wildman–Crippen MR) is 93.8 cm³/mol. The van der Waals surface area contributed by atoms with Gasteiger partial charge < -0.3 is 20.7 Å². The van der Waals surface area contributed by atoms with Crippen LogP contribution in [0.5, 0.6) is 5.75 Å². The van der Waals surface area contributed by atoms with E-state index in [4.69, 9.17) is 10.5 Å². The second-order valence-electron chi connectivity index (χ2n) is 7.36. The number of hydrogen-bond donors (Lipinski definition) is 2. The van der Waals surface area contributed by atoms with Crippen molar-refractivity contribution in [3.8, 4) is 5.75 Å². The third-order valence-electron chi connectivity index (χ3n) is 4.49. The normalized spacial score (nSPS) is 19.5. The highest BCUT2D eigenvalue weighted by Crippen LogP contribution is 2.31. The maximum absolute atomic E-state index is 12.1. The van der Waals surface area contributed by atoms with E-state index in [1.165, 1.54) is 0 Å². The number of carbonyl (C=O) groups is 1. The molecule has 0 bridgehead atoms. The highest BCUT2D eigenvalue weighted by atomic mass is 16.5. The summed E-state index contributed by atoms with van der Waals surface area (Å²) in [6.07, 6.45) is 1.06. The van der Waals surface area contributed by atoms with Gasteiger partial charge in [0.15, 0.2) is 0 Å². The van der Waals surface area contributed by atoms with Gasteiger partial charge in [0.25, 0.3) is 0 Å². The van der Waals surface area contributed by atoms with Crippen LogP contribution in [0.25, 0.3) is 0 Å². The van der Waals surface area contributed by atoms with Crippen LogP contribution in [-0.2, 0) is 4.79 Å². The maximum Gasteiger partial charge on any atom is 0.237 e. The zero-order chi connectivity index (χ0) is 17.0. The minimum Gasteiger partial charge on any atom is -0.495 e. The van der Waals surface area contributed by atoms with Gasteiger partial charge >= 0.3 is 0 Å². The number of hydrogen-bond acceptors (Lipinski definition) is 4. The molecule has 2 atom stereocenters. The number of carbonyl (C=O) groups excluding carboxylic acids is 1. The van der Waals surface area contributed by atoms with Crippen molar-refractivity contribution in [2.45, 2.75) is 33.2 Å². The van der Waals surface area contributed by atoms with Gasteiger partial charge in [0, 0.05) is 19.6 Å². The molecule has 1 heterocycles. The highest BCUT2D eigenvalue weighted by Gasteiger charge is 2.29. The molecule has 2 rings (SSSR count). The number of ether oxygens (including phenoxy) is 1. The lowest BCUT2D eigenvalue weighted by Crippen LogP contribution is -2.49. The number of amides is 1. The van der Waals surface area contributed by atoms with Crippen molar-refractivity contribution in [1.82, 2.24) is 5.32 Å². The number of nitrogens with one attached hydrogen (secondary N) is 1. The molecule has 0 saturated carbocycles. The number of nitrogens with two attached hydrogens (primary N) is 1. The average molecular weight is 319 g/mol. The van der Waals surface area contributed by atoms with E-state index in [2.05, 4.69) is 16.3 Å². The number of benzene rings is 1. The maximum atomic E-state index is 12.1. The monoisotopic (exact) mass is 319 g/mol. The van der Waals surface area contributed by atoms with Gasteiger partial charge in [-0.2, -0.15) is 0 Å². The fourth-order valence-corrected chi connectivity index (χ4v) is 2.86. The molecule has 5 heteroatoms. The second kappa shape index (κ2) is 7.21. The Labute approximate surface area is 139 Å². The summed E-state index contributed by atoms with van der Waals surface area (Å²) >= 11 is 0. The lowest BCUT2D eigenvalue weighted by Gasteiger charge is -2.26. The zero-order valence-electron chi connectivity index (χ0n) is 14.6. The van der Waals surface area contributed by atoms with Gasteiger partial charge in [0.05, 0.1) is 18.8 Å². The van der Waals surface area contributed by atoms with Gasteiger partial charge in [-0.1, -0.05) is 32.9 Å². The minimum absolute atomic E-state index is 0.0618. The third kappa shape index (κ3) is 4.38. The Kier molecular flexibility index (Phi) is 5.52. The van der Waals surface area contributed by atoms with E-state index >= 15 is 0 Å². The van der Waals surface area contributed by atoms with E-state index in [1.807, 2.05) is 39.0 Å². The first-order valence-corrected chi connectivity index (χ1v) is 8.24. The summed E-state index contributed by atoms with van der Waals surface area (Å²) in [4.78, 5) is 14.4. The molecule has 0 aromatic heterocycles. The molecule has 1 aromatic carbocycles. The van der Waals surface area contributed by atoms with Crippen molar-refractivity contribution in [2.75, 3.05) is 31.6 Å². The summed E-state index contributed by atoms with van der Waals surface area (Å²) in [7, 11) is 1.69. The van der Waals surface area contributed by atoms with Crippen LogP contribution in [0, 0.1) is 11.3 Å². The number of anilines is 1. The average Bonchev–Trinajstić information content (AvgIpc) is 2.99. The van der Waals surface area contributed by atoms with Crippen molar-refractivity contribution in [3.63, 3.8) is 0 Å². The largest absolute Gasteiger partial charge is 0.495 e. The molecule has 0 spiro atoms. The molecule has 5 nitrogen and oxygen atoms in total. The smallest absolute Gasteiger partial charge is 0.237 e. The Balaban J connectivity index is 1.88. The molecular formula is C18H29N3O2. The first-order chi connectivity index (χ1) is 10.8. The Bertz CT molecular complexity index is 539. The summed E-state index contributed by atoms with van der Waals surface area (Å²) in [5, 5.41) is 3.01. The Morgan fingerprint density at radius 1 is 1.43 bits per heavy atom. The summed E-state index contributed by atoms with van der Waals surface area (Å²) in [5.74, 6) is 1.27. The fourth-order valence-electron chi connectivity index (χ4n) is 2.86. The summed E-state index contributed by atoms with van der Waals surface area (Å²) < 4.78 is 5.43. The zero-order valence-corrected chi connectivity index (χ0v) is 14.6.